The van der Waals surface area contributed by atoms with Crippen LogP contribution in [0.4, 0.5) is 5.69 Å². The zero-order valence-corrected chi connectivity index (χ0v) is 14.2. The summed E-state index contributed by atoms with van der Waals surface area (Å²) in [5, 5.41) is 3.46. The Labute approximate surface area is 135 Å². The molecule has 2 rings (SSSR count). The van der Waals surface area contributed by atoms with Gasteiger partial charge in [-0.2, -0.15) is 0 Å². The second kappa shape index (κ2) is 8.17. The summed E-state index contributed by atoms with van der Waals surface area (Å²) in [5.41, 5.74) is 4.40. The topological polar surface area (TPSA) is 29.1 Å². The van der Waals surface area contributed by atoms with Gasteiger partial charge >= 0.3 is 0 Å². The highest BCUT2D eigenvalue weighted by Crippen LogP contribution is 2.29. The zero-order chi connectivity index (χ0) is 15.9. The summed E-state index contributed by atoms with van der Waals surface area (Å²) < 4.78 is 0. The van der Waals surface area contributed by atoms with Gasteiger partial charge in [0.1, 0.15) is 0 Å². The van der Waals surface area contributed by atoms with Crippen molar-refractivity contribution in [3.63, 3.8) is 0 Å². The molecule has 0 atom stereocenters. The van der Waals surface area contributed by atoms with Crippen LogP contribution in [0.5, 0.6) is 0 Å². The van der Waals surface area contributed by atoms with Crippen LogP contribution in [-0.2, 0) is 6.42 Å². The molecule has 0 radical (unpaired) electrons. The van der Waals surface area contributed by atoms with E-state index in [1.165, 1.54) is 44.1 Å². The second-order valence-electron chi connectivity index (χ2n) is 6.57. The number of benzene rings is 1. The minimum absolute atomic E-state index is 0.147. The average molecular weight is 299 g/mol. The lowest BCUT2D eigenvalue weighted by Crippen LogP contribution is -2.09. The van der Waals surface area contributed by atoms with Gasteiger partial charge in [-0.05, 0) is 63.3 Å². The lowest BCUT2D eigenvalue weighted by molar-refractivity contribution is 0.101. The van der Waals surface area contributed by atoms with E-state index in [4.69, 9.17) is 0 Å². The van der Waals surface area contributed by atoms with Gasteiger partial charge in [0.05, 0.1) is 0 Å². The monoisotopic (exact) mass is 299 g/mol. The fraction of sp³-hybridized carbons (Fsp3) is 0.550. The molecule has 1 aromatic carbocycles. The van der Waals surface area contributed by atoms with Crippen LogP contribution in [0.25, 0.3) is 0 Å². The first-order chi connectivity index (χ1) is 10.6. The van der Waals surface area contributed by atoms with Crippen molar-refractivity contribution in [2.24, 2.45) is 5.92 Å². The smallest absolute Gasteiger partial charge is 0.159 e. The zero-order valence-electron chi connectivity index (χ0n) is 14.2. The van der Waals surface area contributed by atoms with Gasteiger partial charge in [-0.25, -0.2) is 0 Å². The molecule has 1 fully saturated rings. The summed E-state index contributed by atoms with van der Waals surface area (Å²) in [7, 11) is 0. The van der Waals surface area contributed by atoms with Gasteiger partial charge in [0.2, 0.25) is 0 Å². The van der Waals surface area contributed by atoms with Crippen molar-refractivity contribution >= 4 is 11.5 Å². The van der Waals surface area contributed by atoms with Crippen LogP contribution in [-0.4, -0.2) is 5.78 Å². The van der Waals surface area contributed by atoms with Crippen molar-refractivity contribution in [3.05, 3.63) is 41.1 Å². The number of ketones is 1. The normalized spacial score (nSPS) is 16.6. The third-order valence-corrected chi connectivity index (χ3v) is 4.82. The summed E-state index contributed by atoms with van der Waals surface area (Å²) in [6.07, 6.45) is 11.3. The predicted octanol–water partition coefficient (Wildman–Crippen LogP) is 5.74. The molecule has 0 amide bonds. The van der Waals surface area contributed by atoms with Gasteiger partial charge < -0.3 is 5.32 Å². The van der Waals surface area contributed by atoms with Crippen molar-refractivity contribution in [3.8, 4) is 0 Å². The van der Waals surface area contributed by atoms with E-state index >= 15 is 0 Å². The fourth-order valence-electron chi connectivity index (χ4n) is 3.26. The van der Waals surface area contributed by atoms with Crippen molar-refractivity contribution < 1.29 is 4.79 Å². The number of Topliss-reactive ketones (excluding diaryl/α,β-unsaturated/α-hetero) is 1. The second-order valence-corrected chi connectivity index (χ2v) is 6.57. The number of hydrogen-bond acceptors (Lipinski definition) is 2. The van der Waals surface area contributed by atoms with E-state index < -0.39 is 0 Å². The van der Waals surface area contributed by atoms with Gasteiger partial charge in [0.15, 0.2) is 5.78 Å². The number of carbonyl (C=O) groups excluding carboxylic acids is 1. The molecule has 2 heteroatoms. The number of anilines is 1. The maximum atomic E-state index is 11.7. The van der Waals surface area contributed by atoms with Crippen molar-refractivity contribution in [1.82, 2.24) is 0 Å². The highest BCUT2D eigenvalue weighted by atomic mass is 16.1. The molecule has 1 aliphatic carbocycles. The Morgan fingerprint density at radius 1 is 1.23 bits per heavy atom. The highest BCUT2D eigenvalue weighted by Gasteiger charge is 2.15. The predicted molar refractivity (Wildman–Crippen MR) is 94.4 cm³/mol. The Hall–Kier alpha value is -1.57. The molecule has 120 valence electrons. The number of allylic oxidation sites excluding steroid dienone is 2. The van der Waals surface area contributed by atoms with Crippen molar-refractivity contribution in [1.29, 1.82) is 0 Å². The summed E-state index contributed by atoms with van der Waals surface area (Å²) in [6.45, 7) is 5.75. The first kappa shape index (κ1) is 16.8. The van der Waals surface area contributed by atoms with Crippen LogP contribution in [0, 0.1) is 5.92 Å². The van der Waals surface area contributed by atoms with E-state index in [1.807, 2.05) is 13.0 Å². The van der Waals surface area contributed by atoms with Gasteiger partial charge in [-0.3, -0.25) is 4.79 Å². The minimum Gasteiger partial charge on any atom is -0.359 e. The summed E-state index contributed by atoms with van der Waals surface area (Å²) >= 11 is 0. The summed E-state index contributed by atoms with van der Waals surface area (Å²) in [4.78, 5) is 11.7. The molecule has 22 heavy (non-hydrogen) atoms. The van der Waals surface area contributed by atoms with E-state index in [1.54, 1.807) is 6.92 Å². The largest absolute Gasteiger partial charge is 0.359 e. The van der Waals surface area contributed by atoms with Crippen LogP contribution in [0.2, 0.25) is 0 Å². The first-order valence-corrected chi connectivity index (χ1v) is 8.64. The number of nitrogens with one attached hydrogen (secondary N) is 1. The third-order valence-electron chi connectivity index (χ3n) is 4.82. The van der Waals surface area contributed by atoms with Crippen molar-refractivity contribution in [2.75, 3.05) is 5.32 Å². The van der Waals surface area contributed by atoms with Gasteiger partial charge in [0.25, 0.3) is 0 Å². The van der Waals surface area contributed by atoms with Gasteiger partial charge in [-0.1, -0.05) is 38.2 Å². The molecule has 2 nitrogen and oxygen atoms in total. The summed E-state index contributed by atoms with van der Waals surface area (Å²) in [6, 6.07) is 6.06. The average Bonchev–Trinajstić information content (AvgIpc) is 2.54. The number of carbonyl (C=O) groups is 1. The van der Waals surface area contributed by atoms with Crippen LogP contribution in [0.1, 0.15) is 75.2 Å². The Kier molecular flexibility index (Phi) is 6.23. The fourth-order valence-corrected chi connectivity index (χ4v) is 3.26. The van der Waals surface area contributed by atoms with Crippen LogP contribution < -0.4 is 5.32 Å². The lowest BCUT2D eigenvalue weighted by Gasteiger charge is -2.22. The van der Waals surface area contributed by atoms with Crippen LogP contribution in [0.15, 0.2) is 30.0 Å². The number of rotatable bonds is 6. The maximum Gasteiger partial charge on any atom is 0.159 e. The number of aryl methyl sites for hydroxylation is 1. The molecular weight excluding hydrogens is 270 g/mol. The van der Waals surface area contributed by atoms with Crippen molar-refractivity contribution in [2.45, 2.75) is 65.7 Å². The Morgan fingerprint density at radius 3 is 2.59 bits per heavy atom. The molecule has 0 unspecified atom stereocenters. The Bertz CT molecular complexity index is 539. The molecule has 0 aromatic heterocycles. The molecule has 0 spiro atoms. The van der Waals surface area contributed by atoms with E-state index in [2.05, 4.69) is 30.4 Å². The molecule has 1 aliphatic rings. The third kappa shape index (κ3) is 4.72. The number of hydrogen-bond donors (Lipinski definition) is 1. The molecule has 1 aromatic rings. The quantitative estimate of drug-likeness (QED) is 0.679. The van der Waals surface area contributed by atoms with Gasteiger partial charge in [-0.15, -0.1) is 0 Å². The lowest BCUT2D eigenvalue weighted by atomic mass is 9.85. The van der Waals surface area contributed by atoms with E-state index in [9.17, 15) is 4.79 Å². The van der Waals surface area contributed by atoms with E-state index in [-0.39, 0.29) is 5.78 Å². The molecule has 0 saturated heterocycles. The van der Waals surface area contributed by atoms with Crippen LogP contribution >= 0.6 is 0 Å². The Balaban J connectivity index is 2.13. The molecule has 0 aliphatic heterocycles. The van der Waals surface area contributed by atoms with Crippen LogP contribution in [0.3, 0.4) is 0 Å². The molecular formula is C20H29NO. The molecule has 1 saturated carbocycles. The molecule has 0 heterocycles. The maximum absolute atomic E-state index is 11.7. The highest BCUT2D eigenvalue weighted by molar-refractivity contribution is 5.94. The molecule has 1 N–H and O–H groups in total. The van der Waals surface area contributed by atoms with Gasteiger partial charge in [0, 0.05) is 16.9 Å². The first-order valence-electron chi connectivity index (χ1n) is 8.64. The SMILES string of the molecule is CC=C(C)Nc1ccc(C(C)=O)cc1CCC1CCCCC1. The summed E-state index contributed by atoms with van der Waals surface area (Å²) in [5.74, 6) is 1.01. The minimum atomic E-state index is 0.147. The Morgan fingerprint density at radius 2 is 1.95 bits per heavy atom. The standard InChI is InChI=1S/C20H29NO/c1-4-15(2)21-20-13-12-18(16(3)22)14-19(20)11-10-17-8-6-5-7-9-17/h4,12-14,17,21H,5-11H2,1-3H3. The molecule has 0 bridgehead atoms. The van der Waals surface area contributed by atoms with E-state index in [0.717, 1.165) is 29.3 Å². The van der Waals surface area contributed by atoms with E-state index in [0.29, 0.717) is 0 Å².